The summed E-state index contributed by atoms with van der Waals surface area (Å²) in [7, 11) is -2.37. The van der Waals surface area contributed by atoms with Gasteiger partial charge in [0.05, 0.1) is 10.6 Å². The Bertz CT molecular complexity index is 1060. The summed E-state index contributed by atoms with van der Waals surface area (Å²) in [5.41, 5.74) is 0.802. The number of ether oxygens (including phenoxy) is 1. The minimum Gasteiger partial charge on any atom is -0.372 e. The molecule has 2 aromatic carbocycles. The average Bonchev–Trinajstić information content (AvgIpc) is 2.83. The number of sulfonamides is 1. The molecule has 0 unspecified atom stereocenters. The number of hydrogen-bond acceptors (Lipinski definition) is 5. The van der Waals surface area contributed by atoms with E-state index in [4.69, 9.17) is 0 Å². The van der Waals surface area contributed by atoms with Gasteiger partial charge in [0.2, 0.25) is 0 Å². The van der Waals surface area contributed by atoms with E-state index in [2.05, 4.69) is 9.64 Å². The molecule has 0 aromatic heterocycles. The van der Waals surface area contributed by atoms with E-state index in [0.29, 0.717) is 44.8 Å². The fourth-order valence-electron chi connectivity index (χ4n) is 3.66. The molecule has 186 valence electrons. The molecule has 1 amide bonds. The minimum atomic E-state index is -4.32. The standard InChI is InChI=1S/C23H28F3N3O4S/c1-27(20-8-3-2-4-9-20)34(31,32)21-10-5-7-19(17-21)22(30)29-14-12-28(13-15-29)11-6-16-33-18-23(24,25)26/h2-5,7-10,17H,6,11-16,18H2,1H3. The van der Waals surface area contributed by atoms with Crippen molar-refractivity contribution in [3.8, 4) is 0 Å². The Hall–Kier alpha value is -2.63. The average molecular weight is 500 g/mol. The van der Waals surface area contributed by atoms with E-state index in [1.165, 1.54) is 23.5 Å². The molecule has 1 saturated heterocycles. The Morgan fingerprint density at radius 1 is 1.03 bits per heavy atom. The van der Waals surface area contributed by atoms with Gasteiger partial charge in [-0.2, -0.15) is 13.2 Å². The molecule has 0 bridgehead atoms. The van der Waals surface area contributed by atoms with E-state index in [9.17, 15) is 26.4 Å². The maximum atomic E-state index is 13.1. The van der Waals surface area contributed by atoms with Gasteiger partial charge in [0.15, 0.2) is 0 Å². The van der Waals surface area contributed by atoms with E-state index >= 15 is 0 Å². The third kappa shape index (κ3) is 6.94. The molecule has 7 nitrogen and oxygen atoms in total. The lowest BCUT2D eigenvalue weighted by atomic mass is 10.2. The molecule has 1 heterocycles. The van der Waals surface area contributed by atoms with Gasteiger partial charge >= 0.3 is 6.18 Å². The largest absolute Gasteiger partial charge is 0.411 e. The molecule has 3 rings (SSSR count). The van der Waals surface area contributed by atoms with E-state index < -0.39 is 22.8 Å². The third-order valence-corrected chi connectivity index (χ3v) is 7.33. The van der Waals surface area contributed by atoms with Crippen LogP contribution in [0, 0.1) is 0 Å². The number of benzene rings is 2. The molecule has 1 aliphatic heterocycles. The normalized spacial score (nSPS) is 15.4. The molecule has 1 fully saturated rings. The van der Waals surface area contributed by atoms with Gasteiger partial charge in [-0.25, -0.2) is 8.42 Å². The van der Waals surface area contributed by atoms with Crippen LogP contribution in [-0.4, -0.2) is 83.3 Å². The number of anilines is 1. The predicted molar refractivity (Wildman–Crippen MR) is 122 cm³/mol. The monoisotopic (exact) mass is 499 g/mol. The molecule has 1 aliphatic rings. The molecule has 0 radical (unpaired) electrons. The van der Waals surface area contributed by atoms with Crippen molar-refractivity contribution in [3.63, 3.8) is 0 Å². The summed E-state index contributed by atoms with van der Waals surface area (Å²) in [6.45, 7) is 1.42. The Morgan fingerprint density at radius 2 is 1.71 bits per heavy atom. The van der Waals surface area contributed by atoms with Crippen LogP contribution in [0.3, 0.4) is 0 Å². The fourth-order valence-corrected chi connectivity index (χ4v) is 4.90. The molecule has 34 heavy (non-hydrogen) atoms. The number of alkyl halides is 3. The highest BCUT2D eigenvalue weighted by Crippen LogP contribution is 2.23. The van der Waals surface area contributed by atoms with Crippen LogP contribution in [0.4, 0.5) is 18.9 Å². The van der Waals surface area contributed by atoms with Crippen LogP contribution in [0.25, 0.3) is 0 Å². The van der Waals surface area contributed by atoms with Gasteiger partial charge in [0, 0.05) is 51.9 Å². The zero-order valence-corrected chi connectivity index (χ0v) is 19.7. The second kappa shape index (κ2) is 11.2. The Morgan fingerprint density at radius 3 is 2.35 bits per heavy atom. The van der Waals surface area contributed by atoms with Gasteiger partial charge < -0.3 is 9.64 Å². The summed E-state index contributed by atoms with van der Waals surface area (Å²) in [6, 6.07) is 14.7. The Kier molecular flexibility index (Phi) is 8.56. The van der Waals surface area contributed by atoms with Gasteiger partial charge in [-0.3, -0.25) is 14.0 Å². The zero-order chi connectivity index (χ0) is 24.8. The van der Waals surface area contributed by atoms with Crippen LogP contribution < -0.4 is 4.31 Å². The second-order valence-electron chi connectivity index (χ2n) is 7.99. The van der Waals surface area contributed by atoms with Crippen molar-refractivity contribution in [2.45, 2.75) is 17.5 Å². The lowest BCUT2D eigenvalue weighted by molar-refractivity contribution is -0.174. The summed E-state index contributed by atoms with van der Waals surface area (Å²) in [5.74, 6) is -0.257. The molecule has 11 heteroatoms. The van der Waals surface area contributed by atoms with Gasteiger partial charge in [0.1, 0.15) is 6.61 Å². The number of carbonyl (C=O) groups excluding carboxylic acids is 1. The maximum absolute atomic E-state index is 13.1. The number of piperazine rings is 1. The van der Waals surface area contributed by atoms with Crippen LogP contribution >= 0.6 is 0 Å². The molecular weight excluding hydrogens is 471 g/mol. The van der Waals surface area contributed by atoms with Gasteiger partial charge in [-0.05, 0) is 36.8 Å². The molecule has 0 spiro atoms. The number of nitrogens with zero attached hydrogens (tertiary/aromatic N) is 3. The van der Waals surface area contributed by atoms with E-state index in [-0.39, 0.29) is 23.0 Å². The van der Waals surface area contributed by atoms with Crippen molar-refractivity contribution in [2.75, 3.05) is 57.3 Å². The number of rotatable bonds is 9. The molecule has 0 atom stereocenters. The maximum Gasteiger partial charge on any atom is 0.411 e. The molecule has 0 N–H and O–H groups in total. The number of amides is 1. The first-order chi connectivity index (χ1) is 16.1. The van der Waals surface area contributed by atoms with Crippen molar-refractivity contribution in [1.29, 1.82) is 0 Å². The smallest absolute Gasteiger partial charge is 0.372 e. The number of hydrogen-bond donors (Lipinski definition) is 0. The minimum absolute atomic E-state index is 0.0251. The Labute approximate surface area is 197 Å². The van der Waals surface area contributed by atoms with Gasteiger partial charge in [0.25, 0.3) is 15.9 Å². The number of para-hydroxylation sites is 1. The third-order valence-electron chi connectivity index (χ3n) is 5.55. The van der Waals surface area contributed by atoms with Crippen molar-refractivity contribution in [3.05, 3.63) is 60.2 Å². The van der Waals surface area contributed by atoms with Crippen LogP contribution in [-0.2, 0) is 14.8 Å². The molecule has 0 aliphatic carbocycles. The lowest BCUT2D eigenvalue weighted by Crippen LogP contribution is -2.49. The SMILES string of the molecule is CN(c1ccccc1)S(=O)(=O)c1cccc(C(=O)N2CCN(CCCOCC(F)(F)F)CC2)c1. The van der Waals surface area contributed by atoms with Crippen molar-refractivity contribution < 1.29 is 31.1 Å². The van der Waals surface area contributed by atoms with Crippen LogP contribution in [0.15, 0.2) is 59.5 Å². The Balaban J connectivity index is 1.55. The van der Waals surface area contributed by atoms with E-state index in [1.807, 2.05) is 0 Å². The van der Waals surface area contributed by atoms with Gasteiger partial charge in [-0.15, -0.1) is 0 Å². The van der Waals surface area contributed by atoms with Crippen molar-refractivity contribution >= 4 is 21.6 Å². The van der Waals surface area contributed by atoms with Crippen LogP contribution in [0.1, 0.15) is 16.8 Å². The first-order valence-corrected chi connectivity index (χ1v) is 12.3. The van der Waals surface area contributed by atoms with Crippen molar-refractivity contribution in [1.82, 2.24) is 9.80 Å². The lowest BCUT2D eigenvalue weighted by Gasteiger charge is -2.34. The fraction of sp³-hybridized carbons (Fsp3) is 0.435. The molecule has 2 aromatic rings. The number of halogens is 3. The first-order valence-electron chi connectivity index (χ1n) is 10.9. The highest BCUT2D eigenvalue weighted by Gasteiger charge is 2.28. The zero-order valence-electron chi connectivity index (χ0n) is 18.9. The summed E-state index contributed by atoms with van der Waals surface area (Å²) >= 11 is 0. The van der Waals surface area contributed by atoms with Crippen LogP contribution in [0.2, 0.25) is 0 Å². The summed E-state index contributed by atoms with van der Waals surface area (Å²) in [4.78, 5) is 16.7. The van der Waals surface area contributed by atoms with Crippen molar-refractivity contribution in [2.24, 2.45) is 0 Å². The summed E-state index contributed by atoms with van der Waals surface area (Å²) < 4.78 is 68.2. The van der Waals surface area contributed by atoms with E-state index in [1.54, 1.807) is 47.4 Å². The second-order valence-corrected chi connectivity index (χ2v) is 9.96. The van der Waals surface area contributed by atoms with E-state index in [0.717, 1.165) is 0 Å². The summed E-state index contributed by atoms with van der Waals surface area (Å²) in [5, 5.41) is 0. The number of carbonyl (C=O) groups is 1. The summed E-state index contributed by atoms with van der Waals surface area (Å²) in [6.07, 6.45) is -3.85. The highest BCUT2D eigenvalue weighted by atomic mass is 32.2. The molecular formula is C23H28F3N3O4S. The quantitative estimate of drug-likeness (QED) is 0.496. The highest BCUT2D eigenvalue weighted by molar-refractivity contribution is 7.92. The van der Waals surface area contributed by atoms with Crippen LogP contribution in [0.5, 0.6) is 0 Å². The first kappa shape index (κ1) is 26.0. The topological polar surface area (TPSA) is 70.2 Å². The predicted octanol–water partition coefficient (Wildman–Crippen LogP) is 3.24. The molecule has 0 saturated carbocycles. The van der Waals surface area contributed by atoms with Gasteiger partial charge in [-0.1, -0.05) is 24.3 Å².